The van der Waals surface area contributed by atoms with Gasteiger partial charge in [0.1, 0.15) is 11.5 Å². The number of furan rings is 1. The van der Waals surface area contributed by atoms with Crippen molar-refractivity contribution in [1.29, 1.82) is 0 Å². The Morgan fingerprint density at radius 3 is 2.42 bits per heavy atom. The van der Waals surface area contributed by atoms with E-state index in [0.717, 1.165) is 27.5 Å². The highest BCUT2D eigenvalue weighted by atomic mass is 32.2. The highest BCUT2D eigenvalue weighted by Gasteiger charge is 2.18. The zero-order valence-electron chi connectivity index (χ0n) is 14.8. The average molecular weight is 348 g/mol. The van der Waals surface area contributed by atoms with Crippen LogP contribution < -0.4 is 5.32 Å². The fraction of sp³-hybridized carbons (Fsp3) is 0.389. The topological polar surface area (TPSA) is 62.6 Å². The van der Waals surface area contributed by atoms with E-state index in [2.05, 4.69) is 5.32 Å². The lowest BCUT2D eigenvalue weighted by molar-refractivity contribution is 0.194. The number of rotatable bonds is 5. The Morgan fingerprint density at radius 1 is 1.29 bits per heavy atom. The molecule has 1 aromatic carbocycles. The Hall–Kier alpha value is -2.08. The number of urea groups is 1. The van der Waals surface area contributed by atoms with Gasteiger partial charge in [-0.2, -0.15) is 0 Å². The third-order valence-electron chi connectivity index (χ3n) is 4.17. The molecule has 0 saturated carbocycles. The third kappa shape index (κ3) is 4.26. The Labute approximate surface area is 145 Å². The summed E-state index contributed by atoms with van der Waals surface area (Å²) in [6, 6.07) is 9.20. The second-order valence-corrected chi connectivity index (χ2v) is 7.29. The molecule has 2 rings (SSSR count). The van der Waals surface area contributed by atoms with Gasteiger partial charge < -0.3 is 14.6 Å². The van der Waals surface area contributed by atoms with Crippen molar-refractivity contribution in [1.82, 2.24) is 10.2 Å². The van der Waals surface area contributed by atoms with Crippen molar-refractivity contribution in [3.05, 3.63) is 53.0 Å². The summed E-state index contributed by atoms with van der Waals surface area (Å²) in [5, 5.41) is 2.91. The third-order valence-corrected chi connectivity index (χ3v) is 5.11. The number of aryl methyl sites for hydroxylation is 2. The van der Waals surface area contributed by atoms with Crippen molar-refractivity contribution in [2.75, 3.05) is 13.3 Å². The van der Waals surface area contributed by atoms with Crippen LogP contribution in [-0.2, 0) is 17.3 Å². The van der Waals surface area contributed by atoms with E-state index < -0.39 is 10.8 Å². The van der Waals surface area contributed by atoms with Crippen LogP contribution >= 0.6 is 0 Å². The van der Waals surface area contributed by atoms with Gasteiger partial charge in [0.05, 0.1) is 6.04 Å². The first-order chi connectivity index (χ1) is 11.3. The molecular weight excluding hydrogens is 324 g/mol. The lowest BCUT2D eigenvalue weighted by Gasteiger charge is -2.25. The molecule has 0 unspecified atom stereocenters. The largest absolute Gasteiger partial charge is 0.466 e. The monoisotopic (exact) mass is 348 g/mol. The van der Waals surface area contributed by atoms with E-state index in [1.165, 1.54) is 0 Å². The van der Waals surface area contributed by atoms with Gasteiger partial charge in [0.2, 0.25) is 0 Å². The maximum Gasteiger partial charge on any atom is 0.317 e. The summed E-state index contributed by atoms with van der Waals surface area (Å²) >= 11 is 0. The summed E-state index contributed by atoms with van der Waals surface area (Å²) in [7, 11) is 0.767. The minimum atomic E-state index is -0.996. The average Bonchev–Trinajstić information content (AvgIpc) is 2.88. The molecule has 130 valence electrons. The van der Waals surface area contributed by atoms with Crippen LogP contribution in [0.5, 0.6) is 0 Å². The number of hydrogen-bond acceptors (Lipinski definition) is 3. The molecule has 24 heavy (non-hydrogen) atoms. The molecule has 0 aliphatic heterocycles. The maximum atomic E-state index is 12.4. The predicted octanol–water partition coefficient (Wildman–Crippen LogP) is 3.54. The number of nitrogens with one attached hydrogen (secondary N) is 1. The van der Waals surface area contributed by atoms with Crippen LogP contribution in [0.15, 0.2) is 39.6 Å². The van der Waals surface area contributed by atoms with Crippen molar-refractivity contribution in [3.8, 4) is 0 Å². The molecule has 2 aromatic rings. The van der Waals surface area contributed by atoms with E-state index in [1.807, 2.05) is 51.1 Å². The van der Waals surface area contributed by atoms with Crippen LogP contribution in [0.1, 0.15) is 35.6 Å². The Morgan fingerprint density at radius 2 is 1.92 bits per heavy atom. The fourth-order valence-electron chi connectivity index (χ4n) is 2.49. The number of hydrogen-bond donors (Lipinski definition) is 1. The van der Waals surface area contributed by atoms with E-state index in [4.69, 9.17) is 4.42 Å². The highest BCUT2D eigenvalue weighted by Crippen LogP contribution is 2.20. The molecule has 2 amide bonds. The molecule has 1 heterocycles. The van der Waals surface area contributed by atoms with Crippen LogP contribution in [0.4, 0.5) is 4.79 Å². The quantitative estimate of drug-likeness (QED) is 0.899. The second kappa shape index (κ2) is 7.66. The molecule has 0 aliphatic carbocycles. The lowest BCUT2D eigenvalue weighted by Crippen LogP contribution is -2.38. The smallest absolute Gasteiger partial charge is 0.317 e. The van der Waals surface area contributed by atoms with Gasteiger partial charge in [-0.1, -0.05) is 12.1 Å². The molecule has 0 radical (unpaired) electrons. The van der Waals surface area contributed by atoms with Gasteiger partial charge in [-0.25, -0.2) is 4.79 Å². The second-order valence-electron chi connectivity index (χ2n) is 5.91. The zero-order chi connectivity index (χ0) is 17.9. The molecule has 1 N–H and O–H groups in total. The van der Waals surface area contributed by atoms with Crippen LogP contribution in [0.25, 0.3) is 0 Å². The van der Waals surface area contributed by atoms with Crippen molar-refractivity contribution >= 4 is 16.8 Å². The van der Waals surface area contributed by atoms with E-state index >= 15 is 0 Å². The molecule has 0 saturated heterocycles. The van der Waals surface area contributed by atoms with Crippen molar-refractivity contribution < 1.29 is 13.4 Å². The highest BCUT2D eigenvalue weighted by molar-refractivity contribution is 7.84. The predicted molar refractivity (Wildman–Crippen MR) is 95.4 cm³/mol. The molecule has 0 fully saturated rings. The van der Waals surface area contributed by atoms with Gasteiger partial charge in [-0.3, -0.25) is 4.21 Å². The van der Waals surface area contributed by atoms with Gasteiger partial charge in [-0.15, -0.1) is 0 Å². The summed E-state index contributed by atoms with van der Waals surface area (Å²) in [4.78, 5) is 14.8. The molecule has 0 aliphatic rings. The summed E-state index contributed by atoms with van der Waals surface area (Å²) in [5.74, 6) is 1.67. The number of carbonyl (C=O) groups is 1. The van der Waals surface area contributed by atoms with Crippen molar-refractivity contribution in [3.63, 3.8) is 0 Å². The maximum absolute atomic E-state index is 12.4. The van der Waals surface area contributed by atoms with Gasteiger partial charge in [0.15, 0.2) is 0 Å². The van der Waals surface area contributed by atoms with E-state index in [-0.39, 0.29) is 12.1 Å². The summed E-state index contributed by atoms with van der Waals surface area (Å²) in [6.45, 7) is 6.18. The van der Waals surface area contributed by atoms with Crippen LogP contribution in [0.3, 0.4) is 0 Å². The molecule has 5 nitrogen and oxygen atoms in total. The van der Waals surface area contributed by atoms with Crippen LogP contribution in [0.2, 0.25) is 0 Å². The normalized spacial score (nSPS) is 13.4. The van der Waals surface area contributed by atoms with E-state index in [0.29, 0.717) is 6.54 Å². The number of amides is 2. The fourth-order valence-corrected chi connectivity index (χ4v) is 3.01. The van der Waals surface area contributed by atoms with Gasteiger partial charge in [-0.05, 0) is 44.5 Å². The summed E-state index contributed by atoms with van der Waals surface area (Å²) in [6.07, 6.45) is 1.65. The van der Waals surface area contributed by atoms with Crippen LogP contribution in [-0.4, -0.2) is 28.4 Å². The Bertz CT molecular complexity index is 737. The first kappa shape index (κ1) is 18.3. The number of benzene rings is 1. The standard InChI is InChI=1S/C18H24N2O3S/c1-12-10-16(14(3)23-12)11-19-18(21)20(4)13(2)15-6-8-17(9-7-15)24(5)22/h6-10,13H,11H2,1-5H3,(H,19,21)/t13-,24-/m0/s1. The summed E-state index contributed by atoms with van der Waals surface area (Å²) < 4.78 is 16.9. The minimum Gasteiger partial charge on any atom is -0.466 e. The van der Waals surface area contributed by atoms with Crippen molar-refractivity contribution in [2.24, 2.45) is 0 Å². The number of nitrogens with zero attached hydrogens (tertiary/aromatic N) is 1. The van der Waals surface area contributed by atoms with Gasteiger partial charge >= 0.3 is 6.03 Å². The van der Waals surface area contributed by atoms with E-state index in [9.17, 15) is 9.00 Å². The van der Waals surface area contributed by atoms with Gasteiger partial charge in [0.25, 0.3) is 0 Å². The van der Waals surface area contributed by atoms with Crippen LogP contribution in [0, 0.1) is 13.8 Å². The first-order valence-corrected chi connectivity index (χ1v) is 9.35. The minimum absolute atomic E-state index is 0.0866. The summed E-state index contributed by atoms with van der Waals surface area (Å²) in [5.41, 5.74) is 1.98. The van der Waals surface area contributed by atoms with Crippen molar-refractivity contribution in [2.45, 2.75) is 38.3 Å². The number of carbonyl (C=O) groups excluding carboxylic acids is 1. The molecular formula is C18H24N2O3S. The molecule has 6 heteroatoms. The van der Waals surface area contributed by atoms with Gasteiger partial charge in [0, 0.05) is 41.1 Å². The zero-order valence-corrected chi connectivity index (χ0v) is 15.6. The Balaban J connectivity index is 1.98. The lowest BCUT2D eigenvalue weighted by atomic mass is 10.1. The molecule has 0 spiro atoms. The molecule has 1 aromatic heterocycles. The Kier molecular flexibility index (Phi) is 5.83. The SMILES string of the molecule is Cc1cc(CNC(=O)N(C)[C@@H](C)c2ccc([S@](C)=O)cc2)c(C)o1. The molecule has 2 atom stereocenters. The molecule has 0 bridgehead atoms. The first-order valence-electron chi connectivity index (χ1n) is 7.79. The van der Waals surface area contributed by atoms with E-state index in [1.54, 1.807) is 18.2 Å².